The lowest BCUT2D eigenvalue weighted by atomic mass is 10.2. The molecule has 1 atom stereocenters. The van der Waals surface area contributed by atoms with Crippen LogP contribution in [-0.2, 0) is 26.2 Å². The summed E-state index contributed by atoms with van der Waals surface area (Å²) in [4.78, 5) is 29.4. The fraction of sp³-hybridized carbons (Fsp3) is 0.286. The van der Waals surface area contributed by atoms with E-state index in [-0.39, 0.29) is 23.6 Å². The van der Waals surface area contributed by atoms with Crippen LogP contribution in [0, 0.1) is 6.92 Å². The van der Waals surface area contributed by atoms with Crippen LogP contribution in [0.4, 0.5) is 0 Å². The van der Waals surface area contributed by atoms with Gasteiger partial charge in [0, 0.05) is 23.8 Å². The minimum atomic E-state index is -3.87. The van der Waals surface area contributed by atoms with Crippen molar-refractivity contribution in [1.29, 1.82) is 0 Å². The van der Waals surface area contributed by atoms with Gasteiger partial charge in [-0.25, -0.2) is 13.4 Å². The molecule has 1 fully saturated rings. The number of hydrogen-bond acceptors (Lipinski definition) is 6. The number of halogens is 1. The van der Waals surface area contributed by atoms with Crippen LogP contribution in [0.3, 0.4) is 0 Å². The van der Waals surface area contributed by atoms with E-state index in [2.05, 4.69) is 4.98 Å². The highest BCUT2D eigenvalue weighted by atomic mass is 35.5. The first-order valence-corrected chi connectivity index (χ1v) is 11.5. The third-order valence-electron chi connectivity index (χ3n) is 5.12. The number of aromatic nitrogens is 2. The van der Waals surface area contributed by atoms with Crippen molar-refractivity contribution in [3.63, 3.8) is 0 Å². The molecule has 1 aromatic carbocycles. The molecule has 3 heterocycles. The van der Waals surface area contributed by atoms with E-state index >= 15 is 0 Å². The van der Waals surface area contributed by atoms with Crippen LogP contribution in [0.5, 0.6) is 0 Å². The molecule has 10 heteroatoms. The van der Waals surface area contributed by atoms with Crippen molar-refractivity contribution < 1.29 is 17.9 Å². The third-order valence-corrected chi connectivity index (χ3v) is 7.29. The summed E-state index contributed by atoms with van der Waals surface area (Å²) in [5.41, 5.74) is 1.37. The first-order chi connectivity index (χ1) is 14.8. The first-order valence-electron chi connectivity index (χ1n) is 9.69. The van der Waals surface area contributed by atoms with Crippen molar-refractivity contribution >= 4 is 33.2 Å². The molecule has 2 aromatic heterocycles. The van der Waals surface area contributed by atoms with Gasteiger partial charge < -0.3 is 4.74 Å². The van der Waals surface area contributed by atoms with Gasteiger partial charge in [0.05, 0.1) is 10.6 Å². The monoisotopic (exact) mass is 461 g/mol. The minimum Gasteiger partial charge on any atom is -0.458 e. The molecule has 8 nitrogen and oxygen atoms in total. The molecule has 0 bridgehead atoms. The molecule has 4 rings (SSSR count). The maximum atomic E-state index is 13.0. The van der Waals surface area contributed by atoms with E-state index in [1.54, 1.807) is 12.3 Å². The van der Waals surface area contributed by atoms with Crippen LogP contribution in [-0.4, -0.2) is 40.7 Å². The Labute approximate surface area is 184 Å². The maximum Gasteiger partial charge on any atom is 0.324 e. The lowest BCUT2D eigenvalue weighted by molar-refractivity contribution is -0.148. The topological polar surface area (TPSA) is 98.0 Å². The molecule has 1 saturated heterocycles. The normalized spacial score (nSPS) is 17.2. The van der Waals surface area contributed by atoms with E-state index in [0.29, 0.717) is 29.2 Å². The molecular weight excluding hydrogens is 442 g/mol. The van der Waals surface area contributed by atoms with Crippen LogP contribution in [0.1, 0.15) is 24.1 Å². The number of benzene rings is 1. The maximum absolute atomic E-state index is 13.0. The summed E-state index contributed by atoms with van der Waals surface area (Å²) in [5.74, 6) is -0.666. The van der Waals surface area contributed by atoms with Crippen LogP contribution in [0.2, 0.25) is 5.02 Å². The Hall–Kier alpha value is -2.75. The van der Waals surface area contributed by atoms with Gasteiger partial charge in [-0.1, -0.05) is 17.7 Å². The van der Waals surface area contributed by atoms with Gasteiger partial charge in [-0.05, 0) is 55.7 Å². The van der Waals surface area contributed by atoms with Gasteiger partial charge in [-0.2, -0.15) is 4.31 Å². The molecule has 162 valence electrons. The summed E-state index contributed by atoms with van der Waals surface area (Å²) in [7, 11) is -3.87. The van der Waals surface area contributed by atoms with E-state index in [4.69, 9.17) is 16.3 Å². The van der Waals surface area contributed by atoms with Crippen molar-refractivity contribution in [1.82, 2.24) is 13.7 Å². The minimum absolute atomic E-state index is 0.0658. The van der Waals surface area contributed by atoms with Gasteiger partial charge in [0.1, 0.15) is 18.3 Å². The number of carbonyl (C=O) groups excluding carboxylic acids is 1. The van der Waals surface area contributed by atoms with Gasteiger partial charge >= 0.3 is 5.97 Å². The predicted molar refractivity (Wildman–Crippen MR) is 114 cm³/mol. The number of rotatable bonds is 5. The van der Waals surface area contributed by atoms with E-state index in [1.165, 1.54) is 34.7 Å². The molecular formula is C21H20ClN3O5S. The Bertz CT molecular complexity index is 1300. The second-order valence-electron chi connectivity index (χ2n) is 7.36. The zero-order valence-corrected chi connectivity index (χ0v) is 18.3. The number of aryl methyl sites for hydroxylation is 1. The standard InChI is InChI=1S/C21H20ClN3O5S/c1-14-4-9-19-23-16(11-20(26)24(19)12-14)13-30-21(27)18-3-2-10-25(18)31(28,29)17-7-5-15(22)6-8-17/h4-9,11-12,18H,2-3,10,13H2,1H3/t18-/m0/s1. The Balaban J connectivity index is 1.50. The fourth-order valence-corrected chi connectivity index (χ4v) is 5.35. The zero-order chi connectivity index (χ0) is 22.2. The summed E-state index contributed by atoms with van der Waals surface area (Å²) in [6.45, 7) is 1.87. The van der Waals surface area contributed by atoms with Crippen LogP contribution in [0.15, 0.2) is 58.4 Å². The number of carbonyl (C=O) groups is 1. The first kappa shape index (κ1) is 21.5. The largest absolute Gasteiger partial charge is 0.458 e. The van der Waals surface area contributed by atoms with Crippen molar-refractivity contribution in [2.45, 2.75) is 37.3 Å². The third kappa shape index (κ3) is 4.34. The molecule has 0 N–H and O–H groups in total. The number of ether oxygens (including phenoxy) is 1. The van der Waals surface area contributed by atoms with E-state index < -0.39 is 22.0 Å². The van der Waals surface area contributed by atoms with E-state index in [9.17, 15) is 18.0 Å². The zero-order valence-electron chi connectivity index (χ0n) is 16.7. The summed E-state index contributed by atoms with van der Waals surface area (Å²) in [6, 6.07) is 9.71. The highest BCUT2D eigenvalue weighted by Gasteiger charge is 2.40. The second-order valence-corrected chi connectivity index (χ2v) is 9.68. The lowest BCUT2D eigenvalue weighted by Crippen LogP contribution is -2.41. The summed E-state index contributed by atoms with van der Waals surface area (Å²) in [5, 5.41) is 0.422. The summed E-state index contributed by atoms with van der Waals surface area (Å²) in [6.07, 6.45) is 2.58. The molecule has 0 unspecified atom stereocenters. The average molecular weight is 462 g/mol. The Morgan fingerprint density at radius 2 is 1.97 bits per heavy atom. The quantitative estimate of drug-likeness (QED) is 0.541. The Morgan fingerprint density at radius 3 is 2.71 bits per heavy atom. The van der Waals surface area contributed by atoms with Gasteiger partial charge in [-0.3, -0.25) is 14.0 Å². The molecule has 0 amide bonds. The van der Waals surface area contributed by atoms with Crippen LogP contribution < -0.4 is 5.56 Å². The highest BCUT2D eigenvalue weighted by molar-refractivity contribution is 7.89. The number of pyridine rings is 1. The van der Waals surface area contributed by atoms with Crippen LogP contribution in [0.25, 0.3) is 5.65 Å². The molecule has 0 spiro atoms. The van der Waals surface area contributed by atoms with Gasteiger partial charge in [-0.15, -0.1) is 0 Å². The fourth-order valence-electron chi connectivity index (χ4n) is 3.58. The number of hydrogen-bond donors (Lipinski definition) is 0. The summed E-state index contributed by atoms with van der Waals surface area (Å²) >= 11 is 5.84. The molecule has 1 aliphatic rings. The van der Waals surface area contributed by atoms with Gasteiger partial charge in [0.2, 0.25) is 10.0 Å². The smallest absolute Gasteiger partial charge is 0.324 e. The average Bonchev–Trinajstić information content (AvgIpc) is 3.24. The molecule has 0 radical (unpaired) electrons. The molecule has 0 saturated carbocycles. The Morgan fingerprint density at radius 1 is 1.23 bits per heavy atom. The molecule has 3 aromatic rings. The number of nitrogens with zero attached hydrogens (tertiary/aromatic N) is 3. The molecule has 1 aliphatic heterocycles. The molecule has 0 aliphatic carbocycles. The molecule has 31 heavy (non-hydrogen) atoms. The summed E-state index contributed by atoms with van der Waals surface area (Å²) < 4.78 is 33.9. The number of esters is 1. The predicted octanol–water partition coefficient (Wildman–Crippen LogP) is 2.55. The second kappa shape index (κ2) is 8.41. The van der Waals surface area contributed by atoms with Crippen molar-refractivity contribution in [2.75, 3.05) is 6.54 Å². The number of fused-ring (bicyclic) bond motifs is 1. The van der Waals surface area contributed by atoms with E-state index in [0.717, 1.165) is 9.87 Å². The SMILES string of the molecule is Cc1ccc2nc(COC(=O)[C@@H]3CCCN3S(=O)(=O)c3ccc(Cl)cc3)cc(=O)n2c1. The highest BCUT2D eigenvalue weighted by Crippen LogP contribution is 2.27. The lowest BCUT2D eigenvalue weighted by Gasteiger charge is -2.22. The Kier molecular flexibility index (Phi) is 5.83. The van der Waals surface area contributed by atoms with Crippen molar-refractivity contribution in [2.24, 2.45) is 0 Å². The van der Waals surface area contributed by atoms with Crippen molar-refractivity contribution in [3.05, 3.63) is 75.3 Å². The van der Waals surface area contributed by atoms with E-state index in [1.807, 2.05) is 13.0 Å². The number of sulfonamides is 1. The van der Waals surface area contributed by atoms with Gasteiger partial charge in [0.15, 0.2) is 0 Å². The van der Waals surface area contributed by atoms with Crippen LogP contribution >= 0.6 is 11.6 Å². The van der Waals surface area contributed by atoms with Crippen molar-refractivity contribution in [3.8, 4) is 0 Å². The van der Waals surface area contributed by atoms with Gasteiger partial charge in [0.25, 0.3) is 5.56 Å².